The first kappa shape index (κ1) is 11.5. The zero-order valence-electron chi connectivity index (χ0n) is 8.33. The third-order valence-electron chi connectivity index (χ3n) is 2.49. The lowest BCUT2D eigenvalue weighted by atomic mass is 10.0. The predicted molar refractivity (Wildman–Crippen MR) is 57.7 cm³/mol. The minimum atomic E-state index is -3.01. The number of hydrogen-bond donors (Lipinski definition) is 1. The van der Waals surface area contributed by atoms with E-state index >= 15 is 0 Å². The van der Waals surface area contributed by atoms with Gasteiger partial charge in [0.2, 0.25) is 0 Å². The van der Waals surface area contributed by atoms with Gasteiger partial charge < -0.3 is 5.32 Å². The maximum Gasteiger partial charge on any atom is 0.161 e. The molecule has 80 valence electrons. The van der Waals surface area contributed by atoms with Crippen molar-refractivity contribution >= 4 is 9.84 Å². The van der Waals surface area contributed by atoms with Gasteiger partial charge in [-0.1, -0.05) is 12.3 Å². The van der Waals surface area contributed by atoms with Gasteiger partial charge in [0.15, 0.2) is 9.84 Å². The van der Waals surface area contributed by atoms with Crippen LogP contribution in [0.3, 0.4) is 0 Å². The molecule has 0 bridgehead atoms. The van der Waals surface area contributed by atoms with Crippen LogP contribution in [0.2, 0.25) is 0 Å². The number of nitrogens with one attached hydrogen (secondary N) is 1. The maximum absolute atomic E-state index is 11.3. The number of piperidine rings is 1. The van der Waals surface area contributed by atoms with Gasteiger partial charge in [0.1, 0.15) is 5.75 Å². The van der Waals surface area contributed by atoms with Gasteiger partial charge >= 0.3 is 0 Å². The first-order chi connectivity index (χ1) is 6.64. The molecule has 1 atom stereocenters. The highest BCUT2D eigenvalue weighted by Gasteiger charge is 2.16. The van der Waals surface area contributed by atoms with Gasteiger partial charge in [0.25, 0.3) is 0 Å². The summed E-state index contributed by atoms with van der Waals surface area (Å²) in [5.41, 5.74) is 0. The van der Waals surface area contributed by atoms with E-state index in [0.29, 0.717) is 12.5 Å². The molecule has 0 aromatic heterocycles. The molecular weight excluding hydrogens is 198 g/mol. The minimum Gasteiger partial charge on any atom is -0.314 e. The van der Waals surface area contributed by atoms with Gasteiger partial charge in [0, 0.05) is 6.04 Å². The van der Waals surface area contributed by atoms with Crippen molar-refractivity contribution in [1.82, 2.24) is 5.32 Å². The Hall–Kier alpha value is -0.530. The Morgan fingerprint density at radius 1 is 1.43 bits per heavy atom. The summed E-state index contributed by atoms with van der Waals surface area (Å²) in [6.45, 7) is 1.01. The maximum atomic E-state index is 11.3. The van der Waals surface area contributed by atoms with Crippen molar-refractivity contribution < 1.29 is 8.42 Å². The molecule has 0 saturated carbocycles. The van der Waals surface area contributed by atoms with E-state index in [0.717, 1.165) is 13.0 Å². The summed E-state index contributed by atoms with van der Waals surface area (Å²) in [6, 6.07) is 0.372. The Morgan fingerprint density at radius 3 is 2.79 bits per heavy atom. The van der Waals surface area contributed by atoms with Crippen molar-refractivity contribution in [2.24, 2.45) is 0 Å². The molecule has 0 aromatic carbocycles. The third kappa shape index (κ3) is 4.12. The van der Waals surface area contributed by atoms with Gasteiger partial charge in [-0.15, -0.1) is 6.42 Å². The second kappa shape index (κ2) is 5.38. The van der Waals surface area contributed by atoms with Crippen LogP contribution in [0.5, 0.6) is 0 Å². The summed E-state index contributed by atoms with van der Waals surface area (Å²) < 4.78 is 22.6. The van der Waals surface area contributed by atoms with Crippen molar-refractivity contribution in [3.05, 3.63) is 0 Å². The summed E-state index contributed by atoms with van der Waals surface area (Å²) >= 11 is 0. The van der Waals surface area contributed by atoms with Crippen LogP contribution in [0.25, 0.3) is 0 Å². The average Bonchev–Trinajstić information content (AvgIpc) is 2.17. The number of rotatable bonds is 4. The quantitative estimate of drug-likeness (QED) is 0.697. The molecular formula is C10H17NO2S. The molecule has 1 heterocycles. The SMILES string of the molecule is C#CCS(=O)(=O)CCC1CCCCN1. The second-order valence-corrected chi connectivity index (χ2v) is 5.92. The molecule has 0 amide bonds. The molecule has 4 heteroatoms. The van der Waals surface area contributed by atoms with Crippen molar-refractivity contribution in [1.29, 1.82) is 0 Å². The molecule has 1 saturated heterocycles. The van der Waals surface area contributed by atoms with E-state index in [1.54, 1.807) is 0 Å². The van der Waals surface area contributed by atoms with Crippen LogP contribution in [0, 0.1) is 12.3 Å². The standard InChI is InChI=1S/C10H17NO2S/c1-2-8-14(12,13)9-6-10-5-3-4-7-11-10/h1,10-11H,3-9H2. The lowest BCUT2D eigenvalue weighted by Crippen LogP contribution is -2.35. The van der Waals surface area contributed by atoms with E-state index in [-0.39, 0.29) is 11.5 Å². The largest absolute Gasteiger partial charge is 0.314 e. The number of terminal acetylenes is 1. The molecule has 1 aliphatic heterocycles. The molecule has 3 nitrogen and oxygen atoms in total. The monoisotopic (exact) mass is 215 g/mol. The lowest BCUT2D eigenvalue weighted by Gasteiger charge is -2.22. The second-order valence-electron chi connectivity index (χ2n) is 3.73. The van der Waals surface area contributed by atoms with Crippen molar-refractivity contribution in [2.75, 3.05) is 18.1 Å². The average molecular weight is 215 g/mol. The Balaban J connectivity index is 2.29. The zero-order valence-corrected chi connectivity index (χ0v) is 9.15. The molecule has 0 spiro atoms. The van der Waals surface area contributed by atoms with E-state index in [4.69, 9.17) is 6.42 Å². The minimum absolute atomic E-state index is 0.125. The fourth-order valence-electron chi connectivity index (χ4n) is 1.69. The van der Waals surface area contributed by atoms with Crippen molar-refractivity contribution in [3.63, 3.8) is 0 Å². The number of hydrogen-bond acceptors (Lipinski definition) is 3. The van der Waals surface area contributed by atoms with Gasteiger partial charge in [-0.2, -0.15) is 0 Å². The van der Waals surface area contributed by atoms with Crippen LogP contribution in [-0.2, 0) is 9.84 Å². The van der Waals surface area contributed by atoms with Gasteiger partial charge in [-0.25, -0.2) is 8.42 Å². The number of sulfone groups is 1. The predicted octanol–water partition coefficient (Wildman–Crippen LogP) is 0.567. The zero-order chi connectivity index (χ0) is 10.4. The van der Waals surface area contributed by atoms with E-state index in [1.165, 1.54) is 12.8 Å². The van der Waals surface area contributed by atoms with Crippen LogP contribution in [0.1, 0.15) is 25.7 Å². The Bertz CT molecular complexity index is 297. The first-order valence-corrected chi connectivity index (χ1v) is 6.83. The molecule has 1 rings (SSSR count). The van der Waals surface area contributed by atoms with Gasteiger partial charge in [-0.3, -0.25) is 0 Å². The Kier molecular flexibility index (Phi) is 4.43. The Morgan fingerprint density at radius 2 is 2.21 bits per heavy atom. The van der Waals surface area contributed by atoms with Crippen molar-refractivity contribution in [2.45, 2.75) is 31.7 Å². The molecule has 0 aromatic rings. The molecule has 1 aliphatic rings. The smallest absolute Gasteiger partial charge is 0.161 e. The summed E-state index contributed by atoms with van der Waals surface area (Å²) in [6.07, 6.45) is 9.17. The van der Waals surface area contributed by atoms with Crippen LogP contribution in [0.4, 0.5) is 0 Å². The molecule has 0 aliphatic carbocycles. The summed E-state index contributed by atoms with van der Waals surface area (Å²) in [5.74, 6) is 2.28. The normalized spacial score (nSPS) is 22.9. The van der Waals surface area contributed by atoms with E-state index in [9.17, 15) is 8.42 Å². The van der Waals surface area contributed by atoms with Gasteiger partial charge in [-0.05, 0) is 25.8 Å². The molecule has 1 fully saturated rings. The summed E-state index contributed by atoms with van der Waals surface area (Å²) in [5, 5.41) is 3.32. The van der Waals surface area contributed by atoms with E-state index in [1.807, 2.05) is 0 Å². The molecule has 1 unspecified atom stereocenters. The first-order valence-electron chi connectivity index (χ1n) is 5.01. The third-order valence-corrected chi connectivity index (χ3v) is 3.96. The van der Waals surface area contributed by atoms with E-state index < -0.39 is 9.84 Å². The van der Waals surface area contributed by atoms with Crippen LogP contribution >= 0.6 is 0 Å². The molecule has 1 N–H and O–H groups in total. The highest BCUT2D eigenvalue weighted by molar-refractivity contribution is 7.91. The highest BCUT2D eigenvalue weighted by atomic mass is 32.2. The topological polar surface area (TPSA) is 46.2 Å². The van der Waals surface area contributed by atoms with Gasteiger partial charge in [0.05, 0.1) is 5.75 Å². The summed E-state index contributed by atoms with van der Waals surface area (Å²) in [7, 11) is -3.01. The van der Waals surface area contributed by atoms with Crippen LogP contribution in [-0.4, -0.2) is 32.5 Å². The Labute approximate surface area is 86.2 Å². The lowest BCUT2D eigenvalue weighted by molar-refractivity contribution is 0.393. The van der Waals surface area contributed by atoms with Crippen molar-refractivity contribution in [3.8, 4) is 12.3 Å². The fraction of sp³-hybridized carbons (Fsp3) is 0.800. The highest BCUT2D eigenvalue weighted by Crippen LogP contribution is 2.11. The molecule has 14 heavy (non-hydrogen) atoms. The fourth-order valence-corrected chi connectivity index (χ4v) is 2.73. The molecule has 0 radical (unpaired) electrons. The van der Waals surface area contributed by atoms with E-state index in [2.05, 4.69) is 11.2 Å². The van der Waals surface area contributed by atoms with Crippen LogP contribution < -0.4 is 5.32 Å². The summed E-state index contributed by atoms with van der Waals surface area (Å²) in [4.78, 5) is 0. The van der Waals surface area contributed by atoms with Crippen LogP contribution in [0.15, 0.2) is 0 Å².